The molecule has 2 aromatic rings. The van der Waals surface area contributed by atoms with Crippen LogP contribution in [-0.2, 0) is 6.54 Å². The largest absolute Gasteiger partial charge is 0.314 e. The van der Waals surface area contributed by atoms with Gasteiger partial charge < -0.3 is 4.57 Å². The van der Waals surface area contributed by atoms with Crippen molar-refractivity contribution in [3.8, 4) is 11.4 Å². The van der Waals surface area contributed by atoms with E-state index in [0.29, 0.717) is 17.9 Å². The second kappa shape index (κ2) is 3.76. The Morgan fingerprint density at radius 2 is 2.07 bits per heavy atom. The minimum absolute atomic E-state index is 0.522. The molecule has 2 rings (SSSR count). The lowest BCUT2D eigenvalue weighted by molar-refractivity contribution is 0.509. The van der Waals surface area contributed by atoms with Crippen LogP contribution in [0, 0.1) is 11.6 Å². The van der Waals surface area contributed by atoms with Crippen molar-refractivity contribution in [1.29, 1.82) is 0 Å². The number of aromatic nitrogens is 3. The molecule has 78 valence electrons. The van der Waals surface area contributed by atoms with Crippen LogP contribution >= 0.6 is 0 Å². The number of hydrogen-bond donors (Lipinski definition) is 0. The number of benzene rings is 1. The molecular formula is C10H9F2N3. The molecule has 0 aliphatic rings. The molecule has 15 heavy (non-hydrogen) atoms. The Morgan fingerprint density at radius 3 is 2.73 bits per heavy atom. The average Bonchev–Trinajstić information content (AvgIpc) is 2.70. The lowest BCUT2D eigenvalue weighted by atomic mass is 10.2. The van der Waals surface area contributed by atoms with E-state index in [1.165, 1.54) is 6.07 Å². The predicted octanol–water partition coefficient (Wildman–Crippen LogP) is 2.24. The maximum absolute atomic E-state index is 13.0. The third-order valence-corrected chi connectivity index (χ3v) is 2.13. The Kier molecular flexibility index (Phi) is 2.45. The average molecular weight is 209 g/mol. The van der Waals surface area contributed by atoms with Crippen LogP contribution in [0.5, 0.6) is 0 Å². The monoisotopic (exact) mass is 209 g/mol. The van der Waals surface area contributed by atoms with Gasteiger partial charge in [-0.05, 0) is 25.1 Å². The zero-order chi connectivity index (χ0) is 10.8. The Labute approximate surface area is 85.4 Å². The first kappa shape index (κ1) is 9.76. The summed E-state index contributed by atoms with van der Waals surface area (Å²) in [5.74, 6) is -1.20. The van der Waals surface area contributed by atoms with Gasteiger partial charge in [-0.15, -0.1) is 10.2 Å². The minimum atomic E-state index is -0.877. The van der Waals surface area contributed by atoms with Crippen LogP contribution in [0.1, 0.15) is 6.92 Å². The Hall–Kier alpha value is -1.78. The molecule has 0 fully saturated rings. The zero-order valence-electron chi connectivity index (χ0n) is 8.11. The molecule has 0 saturated heterocycles. The van der Waals surface area contributed by atoms with E-state index < -0.39 is 11.6 Å². The van der Waals surface area contributed by atoms with E-state index in [-0.39, 0.29) is 0 Å². The summed E-state index contributed by atoms with van der Waals surface area (Å²) in [6.07, 6.45) is 1.55. The molecule has 1 heterocycles. The highest BCUT2D eigenvalue weighted by molar-refractivity contribution is 5.54. The van der Waals surface area contributed by atoms with E-state index in [1.807, 2.05) is 6.92 Å². The highest BCUT2D eigenvalue weighted by Gasteiger charge is 2.09. The van der Waals surface area contributed by atoms with Crippen molar-refractivity contribution in [2.75, 3.05) is 0 Å². The highest BCUT2D eigenvalue weighted by Crippen LogP contribution is 2.19. The SMILES string of the molecule is CCn1cnnc1-c1ccc(F)c(F)c1. The molecule has 0 saturated carbocycles. The number of aryl methyl sites for hydroxylation is 1. The molecule has 0 unspecified atom stereocenters. The summed E-state index contributed by atoms with van der Waals surface area (Å²) in [6.45, 7) is 2.61. The van der Waals surface area contributed by atoms with Crippen molar-refractivity contribution in [2.24, 2.45) is 0 Å². The van der Waals surface area contributed by atoms with Gasteiger partial charge in [0, 0.05) is 12.1 Å². The van der Waals surface area contributed by atoms with Crippen molar-refractivity contribution in [1.82, 2.24) is 14.8 Å². The van der Waals surface area contributed by atoms with Gasteiger partial charge in [-0.1, -0.05) is 0 Å². The predicted molar refractivity (Wildman–Crippen MR) is 51.0 cm³/mol. The molecule has 0 aliphatic heterocycles. The molecule has 3 nitrogen and oxygen atoms in total. The smallest absolute Gasteiger partial charge is 0.163 e. The number of halogens is 2. The van der Waals surface area contributed by atoms with Crippen LogP contribution in [0.15, 0.2) is 24.5 Å². The normalized spacial score (nSPS) is 10.6. The van der Waals surface area contributed by atoms with E-state index >= 15 is 0 Å². The Morgan fingerprint density at radius 1 is 1.27 bits per heavy atom. The van der Waals surface area contributed by atoms with Crippen LogP contribution in [0.25, 0.3) is 11.4 Å². The van der Waals surface area contributed by atoms with Crippen LogP contribution in [0.3, 0.4) is 0 Å². The first-order valence-electron chi connectivity index (χ1n) is 4.55. The summed E-state index contributed by atoms with van der Waals surface area (Å²) in [6, 6.07) is 3.68. The second-order valence-electron chi connectivity index (χ2n) is 3.07. The van der Waals surface area contributed by atoms with Crippen molar-refractivity contribution < 1.29 is 8.78 Å². The van der Waals surface area contributed by atoms with E-state index in [0.717, 1.165) is 12.1 Å². The van der Waals surface area contributed by atoms with E-state index in [9.17, 15) is 8.78 Å². The maximum Gasteiger partial charge on any atom is 0.163 e. The Balaban J connectivity index is 2.50. The molecule has 0 radical (unpaired) electrons. The number of rotatable bonds is 2. The molecule has 0 aliphatic carbocycles. The van der Waals surface area contributed by atoms with Crippen LogP contribution < -0.4 is 0 Å². The summed E-state index contributed by atoms with van der Waals surface area (Å²) in [4.78, 5) is 0. The maximum atomic E-state index is 13.0. The van der Waals surface area contributed by atoms with Crippen LogP contribution in [0.2, 0.25) is 0 Å². The van der Waals surface area contributed by atoms with Gasteiger partial charge in [-0.3, -0.25) is 0 Å². The van der Waals surface area contributed by atoms with Gasteiger partial charge in [0.25, 0.3) is 0 Å². The minimum Gasteiger partial charge on any atom is -0.314 e. The molecule has 0 bridgehead atoms. The molecule has 0 spiro atoms. The molecule has 0 atom stereocenters. The molecular weight excluding hydrogens is 200 g/mol. The Bertz CT molecular complexity index is 479. The standard InChI is InChI=1S/C10H9F2N3/c1-2-15-6-13-14-10(15)7-3-4-8(11)9(12)5-7/h3-6H,2H2,1H3. The van der Waals surface area contributed by atoms with Gasteiger partial charge in [-0.2, -0.15) is 0 Å². The molecule has 1 aromatic heterocycles. The van der Waals surface area contributed by atoms with Gasteiger partial charge >= 0.3 is 0 Å². The van der Waals surface area contributed by atoms with E-state index in [1.54, 1.807) is 10.9 Å². The topological polar surface area (TPSA) is 30.7 Å². The molecule has 1 aromatic carbocycles. The number of hydrogen-bond acceptors (Lipinski definition) is 2. The third-order valence-electron chi connectivity index (χ3n) is 2.13. The summed E-state index contributed by atoms with van der Waals surface area (Å²) < 4.78 is 27.4. The summed E-state index contributed by atoms with van der Waals surface area (Å²) in [7, 11) is 0. The lowest BCUT2D eigenvalue weighted by Crippen LogP contribution is -1.96. The molecule has 0 N–H and O–H groups in total. The second-order valence-corrected chi connectivity index (χ2v) is 3.07. The van der Waals surface area contributed by atoms with Crippen molar-refractivity contribution in [2.45, 2.75) is 13.5 Å². The fourth-order valence-corrected chi connectivity index (χ4v) is 1.35. The van der Waals surface area contributed by atoms with Crippen molar-refractivity contribution in [3.63, 3.8) is 0 Å². The quantitative estimate of drug-likeness (QED) is 0.759. The summed E-state index contributed by atoms with van der Waals surface area (Å²) in [5.41, 5.74) is 0.522. The molecule has 0 amide bonds. The fourth-order valence-electron chi connectivity index (χ4n) is 1.35. The van der Waals surface area contributed by atoms with E-state index in [2.05, 4.69) is 10.2 Å². The van der Waals surface area contributed by atoms with Gasteiger partial charge in [0.05, 0.1) is 0 Å². The van der Waals surface area contributed by atoms with E-state index in [4.69, 9.17) is 0 Å². The molecule has 5 heteroatoms. The van der Waals surface area contributed by atoms with Crippen molar-refractivity contribution in [3.05, 3.63) is 36.2 Å². The zero-order valence-corrected chi connectivity index (χ0v) is 8.11. The first-order valence-corrected chi connectivity index (χ1v) is 4.55. The van der Waals surface area contributed by atoms with Crippen LogP contribution in [0.4, 0.5) is 8.78 Å². The first-order chi connectivity index (χ1) is 7.22. The number of nitrogens with zero attached hydrogens (tertiary/aromatic N) is 3. The van der Waals surface area contributed by atoms with Crippen LogP contribution in [-0.4, -0.2) is 14.8 Å². The van der Waals surface area contributed by atoms with Gasteiger partial charge in [0.15, 0.2) is 17.5 Å². The highest BCUT2D eigenvalue weighted by atomic mass is 19.2. The summed E-state index contributed by atoms with van der Waals surface area (Å²) >= 11 is 0. The lowest BCUT2D eigenvalue weighted by Gasteiger charge is -2.03. The summed E-state index contributed by atoms with van der Waals surface area (Å²) in [5, 5.41) is 7.57. The fraction of sp³-hybridized carbons (Fsp3) is 0.200. The van der Waals surface area contributed by atoms with Crippen molar-refractivity contribution >= 4 is 0 Å². The van der Waals surface area contributed by atoms with Gasteiger partial charge in [0.1, 0.15) is 6.33 Å². The third kappa shape index (κ3) is 1.72. The van der Waals surface area contributed by atoms with Gasteiger partial charge in [0.2, 0.25) is 0 Å². The van der Waals surface area contributed by atoms with Gasteiger partial charge in [-0.25, -0.2) is 8.78 Å².